The first-order valence-corrected chi connectivity index (χ1v) is 6.38. The normalized spacial score (nSPS) is 27.2. The van der Waals surface area contributed by atoms with Crippen LogP contribution < -0.4 is 0 Å². The molecular formula is C16H18O2. The molecule has 0 aliphatic heterocycles. The third-order valence-electron chi connectivity index (χ3n) is 3.49. The fourth-order valence-electron chi connectivity index (χ4n) is 2.34. The van der Waals surface area contributed by atoms with Crippen molar-refractivity contribution in [1.82, 2.24) is 0 Å². The third-order valence-corrected chi connectivity index (χ3v) is 3.49. The van der Waals surface area contributed by atoms with E-state index in [0.29, 0.717) is 24.0 Å². The van der Waals surface area contributed by atoms with E-state index in [9.17, 15) is 9.59 Å². The van der Waals surface area contributed by atoms with E-state index in [2.05, 4.69) is 19.1 Å². The zero-order chi connectivity index (χ0) is 13.1. The van der Waals surface area contributed by atoms with Gasteiger partial charge >= 0.3 is 0 Å². The molecule has 0 aromatic heterocycles. The summed E-state index contributed by atoms with van der Waals surface area (Å²) >= 11 is 0. The van der Waals surface area contributed by atoms with Gasteiger partial charge in [-0.1, -0.05) is 23.3 Å². The fraction of sp³-hybridized carbons (Fsp3) is 0.375. The summed E-state index contributed by atoms with van der Waals surface area (Å²) in [5, 5.41) is 0. The van der Waals surface area contributed by atoms with E-state index in [1.165, 1.54) is 23.3 Å². The van der Waals surface area contributed by atoms with Crippen molar-refractivity contribution in [3.05, 3.63) is 46.6 Å². The number of rotatable bonds is 0. The summed E-state index contributed by atoms with van der Waals surface area (Å²) in [5.41, 5.74) is 3.81. The maximum Gasteiger partial charge on any atom is 0.182 e. The Hall–Kier alpha value is -1.70. The summed E-state index contributed by atoms with van der Waals surface area (Å²) in [6.07, 6.45) is 10.3. The van der Waals surface area contributed by atoms with Crippen LogP contribution in [0.4, 0.5) is 0 Å². The molecule has 18 heavy (non-hydrogen) atoms. The molecule has 0 aromatic carbocycles. The quantitative estimate of drug-likeness (QED) is 0.481. The Morgan fingerprint density at radius 1 is 0.889 bits per heavy atom. The van der Waals surface area contributed by atoms with Gasteiger partial charge in [0.05, 0.1) is 0 Å². The number of hydrogen-bond donors (Lipinski definition) is 0. The smallest absolute Gasteiger partial charge is 0.182 e. The molecule has 0 saturated carbocycles. The van der Waals surface area contributed by atoms with Gasteiger partial charge in [-0.3, -0.25) is 9.59 Å². The molecule has 0 atom stereocenters. The van der Waals surface area contributed by atoms with Crippen LogP contribution in [-0.4, -0.2) is 11.6 Å². The lowest BCUT2D eigenvalue weighted by Gasteiger charge is -2.15. The van der Waals surface area contributed by atoms with Crippen LogP contribution in [0.1, 0.15) is 39.5 Å². The van der Waals surface area contributed by atoms with E-state index in [4.69, 9.17) is 0 Å². The zero-order valence-electron chi connectivity index (χ0n) is 11.0. The first-order chi connectivity index (χ1) is 8.58. The third kappa shape index (κ3) is 2.76. The number of carbonyl (C=O) groups is 2. The second-order valence-electron chi connectivity index (χ2n) is 5.04. The van der Waals surface area contributed by atoms with Gasteiger partial charge in [0.2, 0.25) is 0 Å². The zero-order valence-corrected chi connectivity index (χ0v) is 11.0. The second-order valence-corrected chi connectivity index (χ2v) is 5.04. The molecule has 2 nitrogen and oxygen atoms in total. The highest BCUT2D eigenvalue weighted by molar-refractivity contribution is 6.20. The lowest BCUT2D eigenvalue weighted by Crippen LogP contribution is -2.15. The molecule has 0 aromatic rings. The molecule has 2 heteroatoms. The Labute approximate surface area is 108 Å². The van der Waals surface area contributed by atoms with Crippen LogP contribution in [0, 0.1) is 0 Å². The first-order valence-electron chi connectivity index (χ1n) is 6.38. The van der Waals surface area contributed by atoms with Crippen molar-refractivity contribution in [2.75, 3.05) is 0 Å². The number of allylic oxidation sites excluding steroid dienone is 8. The minimum Gasteiger partial charge on any atom is -0.290 e. The molecule has 2 aliphatic carbocycles. The van der Waals surface area contributed by atoms with E-state index in [1.54, 1.807) is 0 Å². The van der Waals surface area contributed by atoms with Gasteiger partial charge in [0.25, 0.3) is 0 Å². The maximum atomic E-state index is 11.9. The summed E-state index contributed by atoms with van der Waals surface area (Å²) in [5.74, 6) is -0.0222. The van der Waals surface area contributed by atoms with E-state index in [0.717, 1.165) is 12.8 Å². The lowest BCUT2D eigenvalue weighted by atomic mass is 9.87. The topological polar surface area (TPSA) is 34.1 Å². The molecule has 2 rings (SSSR count). The monoisotopic (exact) mass is 242 g/mol. The van der Waals surface area contributed by atoms with Gasteiger partial charge in [-0.2, -0.15) is 0 Å². The van der Waals surface area contributed by atoms with Crippen LogP contribution in [0.15, 0.2) is 46.6 Å². The van der Waals surface area contributed by atoms with Crippen LogP contribution in [-0.2, 0) is 9.59 Å². The Bertz CT molecular complexity index is 513. The van der Waals surface area contributed by atoms with Crippen LogP contribution >= 0.6 is 0 Å². The summed E-state index contributed by atoms with van der Waals surface area (Å²) in [4.78, 5) is 23.8. The van der Waals surface area contributed by atoms with Gasteiger partial charge in [-0.25, -0.2) is 0 Å². The van der Waals surface area contributed by atoms with Gasteiger partial charge < -0.3 is 0 Å². The molecule has 0 unspecified atom stereocenters. The standard InChI is InChI=1S/C16H18O2/c1-11-4-3-5-12(2)10-14-13(7-6-11)15(17)8-9-16(14)18/h5-6,8-9H,3-4,7,10H2,1-2H3/b11-6+,12-5-. The Morgan fingerprint density at radius 2 is 1.56 bits per heavy atom. The van der Waals surface area contributed by atoms with Crippen molar-refractivity contribution in [2.24, 2.45) is 0 Å². The predicted molar refractivity (Wildman–Crippen MR) is 72.2 cm³/mol. The second kappa shape index (κ2) is 5.30. The van der Waals surface area contributed by atoms with E-state index < -0.39 is 0 Å². The Kier molecular flexibility index (Phi) is 3.75. The number of hydrogen-bond acceptors (Lipinski definition) is 2. The number of ketones is 2. The van der Waals surface area contributed by atoms with Gasteiger partial charge in [0.15, 0.2) is 11.6 Å². The minimum atomic E-state index is -0.0120. The van der Waals surface area contributed by atoms with Crippen LogP contribution in [0.25, 0.3) is 0 Å². The molecule has 0 heterocycles. The number of carbonyl (C=O) groups excluding carboxylic acids is 2. The summed E-state index contributed by atoms with van der Waals surface area (Å²) in [7, 11) is 0. The van der Waals surface area contributed by atoms with Crippen LogP contribution in [0.5, 0.6) is 0 Å². The highest BCUT2D eigenvalue weighted by Gasteiger charge is 2.22. The van der Waals surface area contributed by atoms with E-state index in [1.807, 2.05) is 6.92 Å². The highest BCUT2D eigenvalue weighted by atomic mass is 16.1. The van der Waals surface area contributed by atoms with Crippen LogP contribution in [0.2, 0.25) is 0 Å². The minimum absolute atomic E-state index is 0.0102. The molecule has 0 saturated heterocycles. The van der Waals surface area contributed by atoms with Gasteiger partial charge in [0.1, 0.15) is 0 Å². The largest absolute Gasteiger partial charge is 0.290 e. The van der Waals surface area contributed by atoms with Crippen molar-refractivity contribution in [2.45, 2.75) is 39.5 Å². The average Bonchev–Trinajstić information content (AvgIpc) is 2.33. The fourth-order valence-corrected chi connectivity index (χ4v) is 2.34. The van der Waals surface area contributed by atoms with Gasteiger partial charge in [-0.05, 0) is 51.7 Å². The molecule has 94 valence electrons. The molecule has 0 fully saturated rings. The SMILES string of the molecule is C/C1=C/CC/C(C)=C/CC2=C(C1)C(=O)C=CC2=O. The molecule has 0 N–H and O–H groups in total. The summed E-state index contributed by atoms with van der Waals surface area (Å²) in [6, 6.07) is 0. The van der Waals surface area contributed by atoms with E-state index in [-0.39, 0.29) is 11.6 Å². The first kappa shape index (κ1) is 12.7. The Morgan fingerprint density at radius 3 is 2.28 bits per heavy atom. The van der Waals surface area contributed by atoms with E-state index >= 15 is 0 Å². The van der Waals surface area contributed by atoms with Crippen molar-refractivity contribution >= 4 is 11.6 Å². The predicted octanol–water partition coefficient (Wildman–Crippen LogP) is 3.46. The maximum absolute atomic E-state index is 11.9. The molecular weight excluding hydrogens is 224 g/mol. The molecule has 2 aliphatic rings. The van der Waals surface area contributed by atoms with Crippen molar-refractivity contribution < 1.29 is 9.59 Å². The molecule has 0 bridgehead atoms. The Balaban J connectivity index is 2.44. The average molecular weight is 242 g/mol. The van der Waals surface area contributed by atoms with Gasteiger partial charge in [0, 0.05) is 11.1 Å². The summed E-state index contributed by atoms with van der Waals surface area (Å²) < 4.78 is 0. The lowest BCUT2D eigenvalue weighted by molar-refractivity contribution is -0.115. The van der Waals surface area contributed by atoms with Gasteiger partial charge in [-0.15, -0.1) is 0 Å². The van der Waals surface area contributed by atoms with Crippen LogP contribution in [0.3, 0.4) is 0 Å². The molecule has 0 spiro atoms. The highest BCUT2D eigenvalue weighted by Crippen LogP contribution is 2.26. The van der Waals surface area contributed by atoms with Crippen molar-refractivity contribution in [1.29, 1.82) is 0 Å². The molecule has 0 radical (unpaired) electrons. The summed E-state index contributed by atoms with van der Waals surface area (Å²) in [6.45, 7) is 4.11. The molecule has 0 amide bonds. The van der Waals surface area contributed by atoms with Crippen molar-refractivity contribution in [3.63, 3.8) is 0 Å². The van der Waals surface area contributed by atoms with Crippen molar-refractivity contribution in [3.8, 4) is 0 Å².